The van der Waals surface area contributed by atoms with Gasteiger partial charge in [-0.25, -0.2) is 0 Å². The highest BCUT2D eigenvalue weighted by Gasteiger charge is 2.54. The van der Waals surface area contributed by atoms with E-state index in [4.69, 9.17) is 14.2 Å². The molecular weight excluding hydrogens is 286 g/mol. The van der Waals surface area contributed by atoms with E-state index >= 15 is 0 Å². The molecule has 0 N–H and O–H groups in total. The molecule has 0 bridgehead atoms. The van der Waals surface area contributed by atoms with E-state index < -0.39 is 11.8 Å². The standard InChI is InChI=1S/C16H19NO5/c1-2-20-14(18)11-17-13-8-4-3-7-12(13)16(15(17)19)21-9-5-6-10-22-16/h3-4,7-8H,2,5-6,9-11H2,1H3. The van der Waals surface area contributed by atoms with Gasteiger partial charge < -0.3 is 14.2 Å². The van der Waals surface area contributed by atoms with Crippen molar-refractivity contribution in [2.45, 2.75) is 25.6 Å². The fraction of sp³-hybridized carbons (Fsp3) is 0.500. The van der Waals surface area contributed by atoms with Gasteiger partial charge in [-0.15, -0.1) is 0 Å². The summed E-state index contributed by atoms with van der Waals surface area (Å²) in [7, 11) is 0. The number of ether oxygens (including phenoxy) is 3. The van der Waals surface area contributed by atoms with Gasteiger partial charge in [0.25, 0.3) is 11.7 Å². The Balaban J connectivity index is 1.97. The monoisotopic (exact) mass is 305 g/mol. The highest BCUT2D eigenvalue weighted by Crippen LogP contribution is 2.44. The smallest absolute Gasteiger partial charge is 0.326 e. The summed E-state index contributed by atoms with van der Waals surface area (Å²) in [6.45, 7) is 2.77. The van der Waals surface area contributed by atoms with Crippen molar-refractivity contribution in [3.05, 3.63) is 29.8 Å². The molecule has 0 radical (unpaired) electrons. The highest BCUT2D eigenvalue weighted by atomic mass is 16.7. The molecule has 0 aliphatic carbocycles. The molecule has 2 aliphatic rings. The van der Waals surface area contributed by atoms with Crippen LogP contribution in [0.15, 0.2) is 24.3 Å². The quantitative estimate of drug-likeness (QED) is 0.793. The number of fused-ring (bicyclic) bond motifs is 2. The molecule has 0 aromatic heterocycles. The van der Waals surface area contributed by atoms with Crippen LogP contribution in [0.25, 0.3) is 0 Å². The maximum absolute atomic E-state index is 12.9. The SMILES string of the molecule is CCOC(=O)CN1C(=O)C2(OCCCCO2)c2ccccc21. The second-order valence-corrected chi connectivity index (χ2v) is 5.23. The minimum atomic E-state index is -1.42. The van der Waals surface area contributed by atoms with Crippen LogP contribution >= 0.6 is 0 Å². The van der Waals surface area contributed by atoms with Crippen LogP contribution in [0.1, 0.15) is 25.3 Å². The summed E-state index contributed by atoms with van der Waals surface area (Å²) in [5, 5.41) is 0. The largest absolute Gasteiger partial charge is 0.465 e. The zero-order valence-electron chi connectivity index (χ0n) is 12.5. The first-order valence-corrected chi connectivity index (χ1v) is 7.54. The van der Waals surface area contributed by atoms with Crippen molar-refractivity contribution >= 4 is 17.6 Å². The molecule has 1 amide bonds. The van der Waals surface area contributed by atoms with Crippen molar-refractivity contribution < 1.29 is 23.8 Å². The summed E-state index contributed by atoms with van der Waals surface area (Å²) in [5.74, 6) is -2.22. The molecular formula is C16H19NO5. The fourth-order valence-electron chi connectivity index (χ4n) is 2.84. The van der Waals surface area contributed by atoms with Gasteiger partial charge in [0.2, 0.25) is 0 Å². The number of anilines is 1. The first-order valence-electron chi connectivity index (χ1n) is 7.54. The average molecular weight is 305 g/mol. The van der Waals surface area contributed by atoms with Gasteiger partial charge in [-0.3, -0.25) is 14.5 Å². The number of carbonyl (C=O) groups is 2. The number of para-hydroxylation sites is 1. The van der Waals surface area contributed by atoms with E-state index in [1.807, 2.05) is 18.2 Å². The van der Waals surface area contributed by atoms with E-state index in [1.54, 1.807) is 13.0 Å². The maximum atomic E-state index is 12.9. The van der Waals surface area contributed by atoms with E-state index in [0.29, 0.717) is 24.5 Å². The van der Waals surface area contributed by atoms with E-state index in [1.165, 1.54) is 4.90 Å². The molecule has 2 aliphatic heterocycles. The number of benzene rings is 1. The maximum Gasteiger partial charge on any atom is 0.326 e. The molecule has 1 aromatic carbocycles. The summed E-state index contributed by atoms with van der Waals surface area (Å²) < 4.78 is 16.5. The van der Waals surface area contributed by atoms with Gasteiger partial charge in [-0.2, -0.15) is 0 Å². The molecule has 1 aromatic rings. The Hall–Kier alpha value is -1.92. The number of esters is 1. The molecule has 6 nitrogen and oxygen atoms in total. The summed E-state index contributed by atoms with van der Waals surface area (Å²) in [5.41, 5.74) is 1.30. The van der Waals surface area contributed by atoms with Crippen LogP contribution in [-0.2, 0) is 29.6 Å². The minimum Gasteiger partial charge on any atom is -0.465 e. The number of amides is 1. The summed E-state index contributed by atoms with van der Waals surface area (Å²) in [6, 6.07) is 7.25. The van der Waals surface area contributed by atoms with Crippen molar-refractivity contribution in [2.75, 3.05) is 31.3 Å². The Bertz CT molecular complexity index is 578. The number of rotatable bonds is 3. The lowest BCUT2D eigenvalue weighted by atomic mass is 10.1. The van der Waals surface area contributed by atoms with Crippen LogP contribution in [0, 0.1) is 0 Å². The lowest BCUT2D eigenvalue weighted by Crippen LogP contribution is -2.45. The second kappa shape index (κ2) is 6.06. The molecule has 22 heavy (non-hydrogen) atoms. The molecule has 0 atom stereocenters. The van der Waals surface area contributed by atoms with E-state index in [9.17, 15) is 9.59 Å². The van der Waals surface area contributed by atoms with Gasteiger partial charge >= 0.3 is 5.97 Å². The average Bonchev–Trinajstić information content (AvgIpc) is 2.70. The van der Waals surface area contributed by atoms with Gasteiger partial charge in [-0.1, -0.05) is 18.2 Å². The van der Waals surface area contributed by atoms with Crippen molar-refractivity contribution in [1.82, 2.24) is 0 Å². The second-order valence-electron chi connectivity index (χ2n) is 5.23. The predicted molar refractivity (Wildman–Crippen MR) is 78.2 cm³/mol. The predicted octanol–water partition coefficient (Wildman–Crippen LogP) is 1.58. The number of hydrogen-bond acceptors (Lipinski definition) is 5. The number of nitrogens with zero attached hydrogens (tertiary/aromatic N) is 1. The molecule has 0 unspecified atom stereocenters. The molecule has 3 rings (SSSR count). The Kier molecular flexibility index (Phi) is 4.13. The lowest BCUT2D eigenvalue weighted by Gasteiger charge is -2.26. The van der Waals surface area contributed by atoms with E-state index in [0.717, 1.165) is 12.8 Å². The van der Waals surface area contributed by atoms with Gasteiger partial charge in [-0.05, 0) is 25.8 Å². The number of hydrogen-bond donors (Lipinski definition) is 0. The lowest BCUT2D eigenvalue weighted by molar-refractivity contribution is -0.222. The summed E-state index contributed by atoms with van der Waals surface area (Å²) in [6.07, 6.45) is 1.68. The van der Waals surface area contributed by atoms with E-state index in [2.05, 4.69) is 0 Å². The zero-order chi connectivity index (χ0) is 15.6. The molecule has 118 valence electrons. The van der Waals surface area contributed by atoms with Crippen molar-refractivity contribution in [2.24, 2.45) is 0 Å². The number of carbonyl (C=O) groups excluding carboxylic acids is 2. The molecule has 2 heterocycles. The third kappa shape index (κ3) is 2.38. The Morgan fingerprint density at radius 2 is 1.95 bits per heavy atom. The first kappa shape index (κ1) is 15.0. The van der Waals surface area contributed by atoms with Gasteiger partial charge in [0, 0.05) is 5.56 Å². The van der Waals surface area contributed by atoms with Crippen LogP contribution in [0.4, 0.5) is 5.69 Å². The minimum absolute atomic E-state index is 0.141. The fourth-order valence-corrected chi connectivity index (χ4v) is 2.84. The Labute approximate surface area is 128 Å². The van der Waals surface area contributed by atoms with Crippen molar-refractivity contribution in [3.63, 3.8) is 0 Å². The third-order valence-electron chi connectivity index (χ3n) is 3.82. The van der Waals surface area contributed by atoms with Gasteiger partial charge in [0.15, 0.2) is 0 Å². The van der Waals surface area contributed by atoms with Crippen LogP contribution < -0.4 is 4.90 Å². The Morgan fingerprint density at radius 1 is 1.27 bits per heavy atom. The topological polar surface area (TPSA) is 65.1 Å². The zero-order valence-corrected chi connectivity index (χ0v) is 12.5. The van der Waals surface area contributed by atoms with Crippen LogP contribution in [0.5, 0.6) is 0 Å². The van der Waals surface area contributed by atoms with Crippen LogP contribution in [-0.4, -0.2) is 38.2 Å². The van der Waals surface area contributed by atoms with Crippen LogP contribution in [0.2, 0.25) is 0 Å². The van der Waals surface area contributed by atoms with Gasteiger partial charge in [0.05, 0.1) is 25.5 Å². The summed E-state index contributed by atoms with van der Waals surface area (Å²) in [4.78, 5) is 26.1. The normalized spacial score (nSPS) is 19.9. The van der Waals surface area contributed by atoms with E-state index in [-0.39, 0.29) is 19.1 Å². The van der Waals surface area contributed by atoms with Crippen molar-refractivity contribution in [1.29, 1.82) is 0 Å². The van der Waals surface area contributed by atoms with Crippen molar-refractivity contribution in [3.8, 4) is 0 Å². The molecule has 1 fully saturated rings. The molecule has 1 spiro atoms. The van der Waals surface area contributed by atoms with Gasteiger partial charge in [0.1, 0.15) is 6.54 Å². The molecule has 1 saturated heterocycles. The molecule has 6 heteroatoms. The Morgan fingerprint density at radius 3 is 2.64 bits per heavy atom. The van der Waals surface area contributed by atoms with Crippen LogP contribution in [0.3, 0.4) is 0 Å². The summed E-state index contributed by atoms with van der Waals surface area (Å²) >= 11 is 0. The first-order chi connectivity index (χ1) is 10.7. The third-order valence-corrected chi connectivity index (χ3v) is 3.82. The highest BCUT2D eigenvalue weighted by molar-refractivity contribution is 6.08. The molecule has 0 saturated carbocycles.